The molecule has 2 aromatic rings. The number of aromatic amines is 1. The highest BCUT2D eigenvalue weighted by molar-refractivity contribution is 5.93. The summed E-state index contributed by atoms with van der Waals surface area (Å²) < 4.78 is 0. The smallest absolute Gasteiger partial charge is 0.272 e. The fourth-order valence-electron chi connectivity index (χ4n) is 5.72. The first-order chi connectivity index (χ1) is 15.5. The van der Waals surface area contributed by atoms with Gasteiger partial charge < -0.3 is 20.5 Å². The van der Waals surface area contributed by atoms with Gasteiger partial charge in [0.15, 0.2) is 0 Å². The van der Waals surface area contributed by atoms with Crippen LogP contribution in [-0.2, 0) is 9.59 Å². The Labute approximate surface area is 187 Å². The van der Waals surface area contributed by atoms with Gasteiger partial charge >= 0.3 is 0 Å². The molecule has 1 spiro atoms. The number of aryl methyl sites for hydroxylation is 1. The number of carbonyl (C=O) groups excluding carboxylic acids is 3. The van der Waals surface area contributed by atoms with Crippen molar-refractivity contribution in [2.75, 3.05) is 13.1 Å². The Kier molecular flexibility index (Phi) is 5.23. The molecular weight excluding hydrogens is 406 g/mol. The Morgan fingerprint density at radius 2 is 2.00 bits per heavy atom. The number of likely N-dealkylation sites (tertiary alicyclic amines) is 1. The second-order valence-corrected chi connectivity index (χ2v) is 9.38. The van der Waals surface area contributed by atoms with Crippen molar-refractivity contribution >= 4 is 17.7 Å². The molecule has 0 bridgehead atoms. The normalized spacial score (nSPS) is 26.5. The van der Waals surface area contributed by atoms with Gasteiger partial charge in [0.1, 0.15) is 5.69 Å². The number of carbonyl (C=O) groups is 3. The lowest BCUT2D eigenvalue weighted by Crippen LogP contribution is -2.57. The van der Waals surface area contributed by atoms with Crippen LogP contribution in [0, 0.1) is 18.3 Å². The molecule has 0 radical (unpaired) electrons. The lowest BCUT2D eigenvalue weighted by atomic mass is 9.57. The molecular formula is C24H29N5O3. The summed E-state index contributed by atoms with van der Waals surface area (Å²) in [7, 11) is 0. The molecule has 3 unspecified atom stereocenters. The van der Waals surface area contributed by atoms with Gasteiger partial charge in [0.25, 0.3) is 5.91 Å². The Hall–Kier alpha value is -3.16. The van der Waals surface area contributed by atoms with Gasteiger partial charge in [-0.3, -0.25) is 14.4 Å². The number of piperidine rings is 1. The van der Waals surface area contributed by atoms with Crippen LogP contribution < -0.4 is 10.6 Å². The third kappa shape index (κ3) is 3.47. The second kappa shape index (κ2) is 8.07. The van der Waals surface area contributed by atoms with Gasteiger partial charge in [0.05, 0.1) is 24.3 Å². The number of imidazole rings is 1. The zero-order chi connectivity index (χ0) is 22.3. The maximum atomic E-state index is 13.9. The number of amides is 3. The molecule has 3 atom stereocenters. The van der Waals surface area contributed by atoms with Crippen LogP contribution in [0.25, 0.3) is 0 Å². The van der Waals surface area contributed by atoms with E-state index in [2.05, 4.69) is 20.6 Å². The standard InChI is InChI=1S/C24H29N5O3/c1-15-20(27-14-26-15)22(31)28-18-8-11-29(21(18)16-6-3-2-4-7-16)23(32)17-13-25-19(30)12-24(17)9-5-10-24/h2-4,6-7,14,17-18,21H,5,8-13H2,1H3,(H,25,30)(H,26,27)(H,28,31). The molecule has 32 heavy (non-hydrogen) atoms. The highest BCUT2D eigenvalue weighted by atomic mass is 16.2. The summed E-state index contributed by atoms with van der Waals surface area (Å²) in [5.74, 6) is -0.298. The molecule has 2 aliphatic heterocycles. The summed E-state index contributed by atoms with van der Waals surface area (Å²) in [4.78, 5) is 47.8. The molecule has 3 fully saturated rings. The number of nitrogens with zero attached hydrogens (tertiary/aromatic N) is 2. The van der Waals surface area contributed by atoms with Crippen LogP contribution in [0.1, 0.15) is 59.9 Å². The first-order valence-electron chi connectivity index (χ1n) is 11.4. The molecule has 5 rings (SSSR count). The second-order valence-electron chi connectivity index (χ2n) is 9.38. The van der Waals surface area contributed by atoms with Crippen LogP contribution in [0.5, 0.6) is 0 Å². The van der Waals surface area contributed by atoms with E-state index < -0.39 is 0 Å². The Morgan fingerprint density at radius 1 is 1.22 bits per heavy atom. The lowest BCUT2D eigenvalue weighted by Gasteiger charge is -2.50. The minimum Gasteiger partial charge on any atom is -0.355 e. The Morgan fingerprint density at radius 3 is 2.66 bits per heavy atom. The van der Waals surface area contributed by atoms with Gasteiger partial charge in [-0.2, -0.15) is 0 Å². The molecule has 8 heteroatoms. The van der Waals surface area contributed by atoms with E-state index in [1.165, 1.54) is 6.33 Å². The van der Waals surface area contributed by atoms with Crippen LogP contribution in [0.15, 0.2) is 36.7 Å². The molecule has 3 aliphatic rings. The van der Waals surface area contributed by atoms with Gasteiger partial charge in [-0.15, -0.1) is 0 Å². The van der Waals surface area contributed by atoms with Crippen molar-refractivity contribution in [3.05, 3.63) is 53.6 Å². The Bertz CT molecular complexity index is 1030. The molecule has 2 saturated heterocycles. The van der Waals surface area contributed by atoms with Gasteiger partial charge in [0.2, 0.25) is 11.8 Å². The van der Waals surface area contributed by atoms with Gasteiger partial charge in [-0.05, 0) is 37.2 Å². The van der Waals surface area contributed by atoms with Crippen molar-refractivity contribution in [2.45, 2.75) is 51.1 Å². The van der Waals surface area contributed by atoms with Crippen LogP contribution >= 0.6 is 0 Å². The van der Waals surface area contributed by atoms with Crippen molar-refractivity contribution in [1.29, 1.82) is 0 Å². The maximum Gasteiger partial charge on any atom is 0.272 e. The third-order valence-corrected chi connectivity index (χ3v) is 7.59. The summed E-state index contributed by atoms with van der Waals surface area (Å²) in [6.07, 6.45) is 5.55. The zero-order valence-electron chi connectivity index (χ0n) is 18.3. The van der Waals surface area contributed by atoms with Crippen molar-refractivity contribution in [3.8, 4) is 0 Å². The number of benzene rings is 1. The summed E-state index contributed by atoms with van der Waals surface area (Å²) in [5, 5.41) is 6.04. The van der Waals surface area contributed by atoms with Gasteiger partial charge in [-0.1, -0.05) is 36.8 Å². The van der Waals surface area contributed by atoms with E-state index >= 15 is 0 Å². The third-order valence-electron chi connectivity index (χ3n) is 7.59. The number of hydrogen-bond donors (Lipinski definition) is 3. The summed E-state index contributed by atoms with van der Waals surface area (Å²) in [6.45, 7) is 2.79. The molecule has 3 heterocycles. The van der Waals surface area contributed by atoms with E-state index in [0.29, 0.717) is 31.6 Å². The van der Waals surface area contributed by atoms with Crippen LogP contribution in [0.2, 0.25) is 0 Å². The summed E-state index contributed by atoms with van der Waals surface area (Å²) in [5.41, 5.74) is 1.90. The minimum atomic E-state index is -0.248. The predicted octanol–water partition coefficient (Wildman–Crippen LogP) is 2.10. The van der Waals surface area contributed by atoms with Crippen molar-refractivity contribution in [2.24, 2.45) is 11.3 Å². The Balaban J connectivity index is 1.42. The number of H-pyrrole nitrogens is 1. The van der Waals surface area contributed by atoms with Crippen molar-refractivity contribution in [3.63, 3.8) is 0 Å². The van der Waals surface area contributed by atoms with E-state index in [-0.39, 0.29) is 41.1 Å². The first kappa shape index (κ1) is 20.7. The van der Waals surface area contributed by atoms with E-state index in [4.69, 9.17) is 0 Å². The van der Waals surface area contributed by atoms with E-state index in [0.717, 1.165) is 30.5 Å². The average Bonchev–Trinajstić information content (AvgIpc) is 3.38. The minimum absolute atomic E-state index is 0.0503. The summed E-state index contributed by atoms with van der Waals surface area (Å²) in [6, 6.07) is 9.43. The van der Waals surface area contributed by atoms with Crippen molar-refractivity contribution < 1.29 is 14.4 Å². The molecule has 1 aliphatic carbocycles. The van der Waals surface area contributed by atoms with Gasteiger partial charge in [-0.25, -0.2) is 4.98 Å². The monoisotopic (exact) mass is 435 g/mol. The number of hydrogen-bond acceptors (Lipinski definition) is 4. The van der Waals surface area contributed by atoms with Crippen molar-refractivity contribution in [1.82, 2.24) is 25.5 Å². The topological polar surface area (TPSA) is 107 Å². The van der Waals surface area contributed by atoms with E-state index in [1.54, 1.807) is 0 Å². The zero-order valence-corrected chi connectivity index (χ0v) is 18.3. The molecule has 8 nitrogen and oxygen atoms in total. The fraction of sp³-hybridized carbons (Fsp3) is 0.500. The van der Waals surface area contributed by atoms with E-state index in [1.807, 2.05) is 42.2 Å². The first-order valence-corrected chi connectivity index (χ1v) is 11.4. The molecule has 168 valence electrons. The number of aromatic nitrogens is 2. The van der Waals surface area contributed by atoms with Crippen LogP contribution in [-0.4, -0.2) is 51.7 Å². The van der Waals surface area contributed by atoms with Crippen LogP contribution in [0.3, 0.4) is 0 Å². The highest BCUT2D eigenvalue weighted by Crippen LogP contribution is 2.52. The number of nitrogens with one attached hydrogen (secondary N) is 3. The average molecular weight is 436 g/mol. The van der Waals surface area contributed by atoms with E-state index in [9.17, 15) is 14.4 Å². The maximum absolute atomic E-state index is 13.9. The molecule has 3 amide bonds. The quantitative estimate of drug-likeness (QED) is 0.684. The van der Waals surface area contributed by atoms with Gasteiger partial charge in [0, 0.05) is 25.2 Å². The predicted molar refractivity (Wildman–Crippen MR) is 117 cm³/mol. The molecule has 1 aromatic heterocycles. The molecule has 1 aromatic carbocycles. The largest absolute Gasteiger partial charge is 0.355 e. The molecule has 1 saturated carbocycles. The lowest BCUT2D eigenvalue weighted by molar-refractivity contribution is -0.150. The number of rotatable bonds is 4. The SMILES string of the molecule is Cc1[nH]cnc1C(=O)NC1CCN(C(=O)C2CNC(=O)CC23CCC3)C1c1ccccc1. The fourth-order valence-corrected chi connectivity index (χ4v) is 5.72. The molecule has 3 N–H and O–H groups in total. The van der Waals surface area contributed by atoms with Crippen LogP contribution in [0.4, 0.5) is 0 Å². The highest BCUT2D eigenvalue weighted by Gasteiger charge is 2.53. The summed E-state index contributed by atoms with van der Waals surface area (Å²) >= 11 is 0.